The van der Waals surface area contributed by atoms with Gasteiger partial charge in [-0.2, -0.15) is 0 Å². The molecule has 2 aliphatic carbocycles. The first-order chi connectivity index (χ1) is 10.2. The summed E-state index contributed by atoms with van der Waals surface area (Å²) in [5, 5.41) is 11.6. The van der Waals surface area contributed by atoms with Crippen LogP contribution in [0.2, 0.25) is 0 Å². The molecule has 0 bridgehead atoms. The zero-order chi connectivity index (χ0) is 14.4. The summed E-state index contributed by atoms with van der Waals surface area (Å²) in [6.07, 6.45) is 8.15. The molecule has 4 rings (SSSR count). The molecule has 0 fully saturated rings. The van der Waals surface area contributed by atoms with Gasteiger partial charge in [0, 0.05) is 15.6 Å². The van der Waals surface area contributed by atoms with Gasteiger partial charge < -0.3 is 5.11 Å². The highest BCUT2D eigenvalue weighted by molar-refractivity contribution is 9.10. The minimum absolute atomic E-state index is 0.896. The summed E-state index contributed by atoms with van der Waals surface area (Å²) in [5.41, 5.74) is 4.33. The number of hydrogen-bond donors (Lipinski definition) is 1. The molecule has 0 saturated carbocycles. The van der Waals surface area contributed by atoms with Gasteiger partial charge in [-0.3, -0.25) is 0 Å². The number of rotatable bonds is 1. The molecule has 1 unspecified atom stereocenters. The van der Waals surface area contributed by atoms with Gasteiger partial charge in [-0.15, -0.1) is 0 Å². The lowest BCUT2D eigenvalue weighted by Gasteiger charge is -2.30. The summed E-state index contributed by atoms with van der Waals surface area (Å²) in [7, 11) is 0. The monoisotopic (exact) mass is 338 g/mol. The first-order valence-corrected chi connectivity index (χ1v) is 7.99. The Kier molecular flexibility index (Phi) is 2.91. The predicted molar refractivity (Wildman–Crippen MR) is 89.0 cm³/mol. The van der Waals surface area contributed by atoms with E-state index in [1.54, 1.807) is 0 Å². The van der Waals surface area contributed by atoms with Gasteiger partial charge in [0.1, 0.15) is 5.60 Å². The first-order valence-electron chi connectivity index (χ1n) is 7.20. The second-order valence-corrected chi connectivity index (χ2v) is 6.52. The average molecular weight is 339 g/mol. The zero-order valence-corrected chi connectivity index (χ0v) is 13.1. The van der Waals surface area contributed by atoms with Crippen LogP contribution in [-0.2, 0) is 5.60 Å². The van der Waals surface area contributed by atoms with Crippen molar-refractivity contribution in [3.05, 3.63) is 81.9 Å². The van der Waals surface area contributed by atoms with Gasteiger partial charge in [-0.1, -0.05) is 64.5 Å². The SMILES string of the molecule is OC1(C2=CC=CCC2)c2ccccc2-c2ccc(Br)cc21. The fourth-order valence-corrected chi connectivity index (χ4v) is 3.84. The molecule has 0 spiro atoms. The van der Waals surface area contributed by atoms with E-state index in [0.29, 0.717) is 0 Å². The number of hydrogen-bond acceptors (Lipinski definition) is 1. The molecule has 0 aromatic heterocycles. The number of allylic oxidation sites excluding steroid dienone is 3. The molecule has 1 atom stereocenters. The highest BCUT2D eigenvalue weighted by atomic mass is 79.9. The lowest BCUT2D eigenvalue weighted by atomic mass is 9.80. The fourth-order valence-electron chi connectivity index (χ4n) is 3.48. The van der Waals surface area contributed by atoms with Gasteiger partial charge in [0.15, 0.2) is 0 Å². The van der Waals surface area contributed by atoms with Gasteiger partial charge in [0.2, 0.25) is 0 Å². The summed E-state index contributed by atoms with van der Waals surface area (Å²) in [6, 6.07) is 14.4. The third kappa shape index (κ3) is 1.79. The van der Waals surface area contributed by atoms with Crippen molar-refractivity contribution in [2.75, 3.05) is 0 Å². The maximum atomic E-state index is 11.6. The van der Waals surface area contributed by atoms with E-state index in [2.05, 4.69) is 52.4 Å². The van der Waals surface area contributed by atoms with Gasteiger partial charge in [0.05, 0.1) is 0 Å². The molecule has 2 aliphatic rings. The molecule has 2 aromatic carbocycles. The molecule has 2 heteroatoms. The highest BCUT2D eigenvalue weighted by Crippen LogP contribution is 2.52. The van der Waals surface area contributed by atoms with Crippen molar-refractivity contribution >= 4 is 15.9 Å². The van der Waals surface area contributed by atoms with E-state index >= 15 is 0 Å². The fraction of sp³-hybridized carbons (Fsp3) is 0.158. The number of fused-ring (bicyclic) bond motifs is 3. The van der Waals surface area contributed by atoms with Crippen molar-refractivity contribution in [2.24, 2.45) is 0 Å². The van der Waals surface area contributed by atoms with Crippen molar-refractivity contribution in [3.8, 4) is 11.1 Å². The Morgan fingerprint density at radius 3 is 2.62 bits per heavy atom. The first kappa shape index (κ1) is 13.1. The largest absolute Gasteiger partial charge is 0.376 e. The molecule has 1 N–H and O–H groups in total. The Hall–Kier alpha value is -1.64. The van der Waals surface area contributed by atoms with E-state index in [0.717, 1.165) is 45.1 Å². The van der Waals surface area contributed by atoms with Crippen molar-refractivity contribution < 1.29 is 5.11 Å². The maximum absolute atomic E-state index is 11.6. The Morgan fingerprint density at radius 2 is 1.81 bits per heavy atom. The van der Waals surface area contributed by atoms with Crippen molar-refractivity contribution in [2.45, 2.75) is 18.4 Å². The molecule has 1 nitrogen and oxygen atoms in total. The van der Waals surface area contributed by atoms with E-state index < -0.39 is 5.60 Å². The molecule has 21 heavy (non-hydrogen) atoms. The second-order valence-electron chi connectivity index (χ2n) is 5.60. The zero-order valence-electron chi connectivity index (χ0n) is 11.5. The molecular formula is C19H15BrO. The number of halogens is 1. The van der Waals surface area contributed by atoms with Crippen LogP contribution in [0.4, 0.5) is 0 Å². The van der Waals surface area contributed by atoms with E-state index in [1.165, 1.54) is 0 Å². The quantitative estimate of drug-likeness (QED) is 0.780. The van der Waals surface area contributed by atoms with Crippen LogP contribution in [0.15, 0.2) is 70.7 Å². The van der Waals surface area contributed by atoms with Crippen molar-refractivity contribution in [1.29, 1.82) is 0 Å². The van der Waals surface area contributed by atoms with Crippen LogP contribution in [0.5, 0.6) is 0 Å². The van der Waals surface area contributed by atoms with Crippen LogP contribution in [0.3, 0.4) is 0 Å². The molecule has 2 aromatic rings. The minimum Gasteiger partial charge on any atom is -0.376 e. The second kappa shape index (κ2) is 4.69. The molecule has 0 amide bonds. The van der Waals surface area contributed by atoms with Crippen LogP contribution >= 0.6 is 15.9 Å². The topological polar surface area (TPSA) is 20.2 Å². The highest BCUT2D eigenvalue weighted by Gasteiger charge is 2.44. The predicted octanol–water partition coefficient (Wildman–Crippen LogP) is 4.94. The van der Waals surface area contributed by atoms with Gasteiger partial charge in [-0.25, -0.2) is 0 Å². The average Bonchev–Trinajstić information content (AvgIpc) is 2.79. The van der Waals surface area contributed by atoms with Crippen molar-refractivity contribution in [3.63, 3.8) is 0 Å². The number of aliphatic hydroxyl groups is 1. The number of benzene rings is 2. The molecular weight excluding hydrogens is 324 g/mol. The molecule has 0 aliphatic heterocycles. The third-order valence-electron chi connectivity index (χ3n) is 4.46. The van der Waals surface area contributed by atoms with Crippen LogP contribution in [0, 0.1) is 0 Å². The summed E-state index contributed by atoms with van der Waals surface area (Å²) in [5.74, 6) is 0. The van der Waals surface area contributed by atoms with Crippen LogP contribution in [0.1, 0.15) is 24.0 Å². The maximum Gasteiger partial charge on any atom is 0.138 e. The summed E-state index contributed by atoms with van der Waals surface area (Å²) < 4.78 is 0.999. The minimum atomic E-state index is -1.000. The van der Waals surface area contributed by atoms with E-state index in [1.807, 2.05) is 24.3 Å². The van der Waals surface area contributed by atoms with E-state index in [4.69, 9.17) is 0 Å². The summed E-state index contributed by atoms with van der Waals surface area (Å²) >= 11 is 3.54. The smallest absolute Gasteiger partial charge is 0.138 e. The summed E-state index contributed by atoms with van der Waals surface area (Å²) in [4.78, 5) is 0. The molecule has 0 radical (unpaired) electrons. The van der Waals surface area contributed by atoms with Crippen LogP contribution in [-0.4, -0.2) is 5.11 Å². The van der Waals surface area contributed by atoms with Gasteiger partial charge >= 0.3 is 0 Å². The summed E-state index contributed by atoms with van der Waals surface area (Å²) in [6.45, 7) is 0. The van der Waals surface area contributed by atoms with Crippen molar-refractivity contribution in [1.82, 2.24) is 0 Å². The van der Waals surface area contributed by atoms with E-state index in [9.17, 15) is 5.11 Å². The Bertz CT molecular complexity index is 788. The van der Waals surface area contributed by atoms with Crippen LogP contribution in [0.25, 0.3) is 11.1 Å². The molecule has 0 heterocycles. The lowest BCUT2D eigenvalue weighted by Crippen LogP contribution is -2.28. The molecule has 0 saturated heterocycles. The lowest BCUT2D eigenvalue weighted by molar-refractivity contribution is 0.121. The Labute approximate surface area is 132 Å². The van der Waals surface area contributed by atoms with Crippen LogP contribution < -0.4 is 0 Å². The Morgan fingerprint density at radius 1 is 1.00 bits per heavy atom. The standard InChI is InChI=1S/C19H15BrO/c20-14-10-11-16-15-8-4-5-9-17(15)19(21,18(16)12-14)13-6-2-1-3-7-13/h1-2,4-6,8-12,21H,3,7H2. The van der Waals surface area contributed by atoms with Gasteiger partial charge in [0.25, 0.3) is 0 Å². The normalized spacial score (nSPS) is 22.7. The van der Waals surface area contributed by atoms with Gasteiger partial charge in [-0.05, 0) is 41.7 Å². The van der Waals surface area contributed by atoms with E-state index in [-0.39, 0.29) is 0 Å². The molecule has 104 valence electrons. The third-order valence-corrected chi connectivity index (χ3v) is 4.95. The Balaban J connectivity index is 2.05.